The molecule has 0 saturated carbocycles. The van der Waals surface area contributed by atoms with Crippen molar-refractivity contribution >= 4 is 35.4 Å². The van der Waals surface area contributed by atoms with Gasteiger partial charge in [-0.15, -0.1) is 13.2 Å². The molecule has 0 spiro atoms. The Balaban J connectivity index is 1.57. The number of aromatic carboxylic acids is 1. The van der Waals surface area contributed by atoms with Crippen LogP contribution in [0.5, 0.6) is 11.5 Å². The van der Waals surface area contributed by atoms with Gasteiger partial charge in [0.25, 0.3) is 0 Å². The number of anilines is 2. The predicted molar refractivity (Wildman–Crippen MR) is 108 cm³/mol. The van der Waals surface area contributed by atoms with E-state index in [0.717, 1.165) is 12.1 Å². The average Bonchev–Trinajstić information content (AvgIpc) is 2.71. The number of ether oxygens (including phenoxy) is 2. The minimum absolute atomic E-state index is 0.0635. The van der Waals surface area contributed by atoms with Crippen molar-refractivity contribution in [2.75, 3.05) is 36.4 Å². The lowest BCUT2D eigenvalue weighted by Gasteiger charge is -2.33. The number of carbonyl (C=O) groups excluding carboxylic acids is 1. The molecule has 0 aromatic heterocycles. The van der Waals surface area contributed by atoms with Gasteiger partial charge in [-0.1, -0.05) is 0 Å². The lowest BCUT2D eigenvalue weighted by atomic mass is 10.2. The second-order valence-electron chi connectivity index (χ2n) is 6.36. The number of carboxylic acid groups (broad SMARTS) is 1. The number of methoxy groups -OCH3 is 1. The number of nitrogens with zero attached hydrogens (tertiary/aromatic N) is 2. The number of carbonyl (C=O) groups is 2. The van der Waals surface area contributed by atoms with E-state index >= 15 is 0 Å². The highest BCUT2D eigenvalue weighted by atomic mass is 32.2. The molecule has 0 radical (unpaired) electrons. The molecule has 1 aliphatic rings. The normalized spacial score (nSPS) is 15.0. The molecule has 2 aromatic rings. The Labute approximate surface area is 179 Å². The number of amides is 1. The smallest absolute Gasteiger partial charge is 0.495 e. The first-order valence-corrected chi connectivity index (χ1v) is 9.69. The van der Waals surface area contributed by atoms with Crippen LogP contribution < -0.4 is 19.1 Å². The summed E-state index contributed by atoms with van der Waals surface area (Å²) in [6.07, 6.45) is -4.77. The van der Waals surface area contributed by atoms with Crippen LogP contribution in [0.15, 0.2) is 42.5 Å². The Hall–Kier alpha value is -3.12. The van der Waals surface area contributed by atoms with Gasteiger partial charge < -0.3 is 24.2 Å². The summed E-state index contributed by atoms with van der Waals surface area (Å²) in [5.74, 6) is -1.31. The maximum atomic E-state index is 12.5. The fraction of sp³-hybridized carbons (Fsp3) is 0.263. The van der Waals surface area contributed by atoms with Crippen LogP contribution in [-0.4, -0.2) is 54.4 Å². The zero-order chi connectivity index (χ0) is 22.6. The first-order chi connectivity index (χ1) is 14.7. The Morgan fingerprint density at radius 2 is 1.87 bits per heavy atom. The van der Waals surface area contributed by atoms with Crippen molar-refractivity contribution in [1.29, 1.82) is 0 Å². The van der Waals surface area contributed by atoms with Crippen LogP contribution in [0.25, 0.3) is 0 Å². The van der Waals surface area contributed by atoms with Gasteiger partial charge in [0, 0.05) is 30.9 Å². The minimum Gasteiger partial charge on any atom is -0.495 e. The van der Waals surface area contributed by atoms with E-state index in [4.69, 9.17) is 9.84 Å². The van der Waals surface area contributed by atoms with Crippen LogP contribution in [-0.2, 0) is 4.79 Å². The van der Waals surface area contributed by atoms with Crippen molar-refractivity contribution in [2.24, 2.45) is 0 Å². The molecule has 1 amide bonds. The van der Waals surface area contributed by atoms with Crippen molar-refractivity contribution < 1.29 is 37.3 Å². The lowest BCUT2D eigenvalue weighted by molar-refractivity contribution is -0.274. The van der Waals surface area contributed by atoms with Gasteiger partial charge in [-0.25, -0.2) is 9.10 Å². The van der Waals surface area contributed by atoms with Gasteiger partial charge in [0.15, 0.2) is 0 Å². The third-order valence-electron chi connectivity index (χ3n) is 4.30. The van der Waals surface area contributed by atoms with Gasteiger partial charge in [-0.2, -0.15) is 0 Å². The topological polar surface area (TPSA) is 91.3 Å². The van der Waals surface area contributed by atoms with Crippen LogP contribution in [0.2, 0.25) is 0 Å². The summed E-state index contributed by atoms with van der Waals surface area (Å²) < 4.78 is 50.6. The second kappa shape index (κ2) is 9.35. The van der Waals surface area contributed by atoms with Crippen LogP contribution in [0, 0.1) is 0 Å². The molecule has 3 rings (SSSR count). The highest BCUT2D eigenvalue weighted by Gasteiger charge is 2.31. The summed E-state index contributed by atoms with van der Waals surface area (Å²) in [7, 11) is 1.42. The molecule has 0 unspecified atom stereocenters. The fourth-order valence-corrected chi connectivity index (χ4v) is 3.60. The van der Waals surface area contributed by atoms with E-state index in [9.17, 15) is 22.8 Å². The number of halogens is 3. The Bertz CT molecular complexity index is 956. The Morgan fingerprint density at radius 3 is 2.45 bits per heavy atom. The summed E-state index contributed by atoms with van der Waals surface area (Å²) >= 11 is 1.17. The van der Waals surface area contributed by atoms with Gasteiger partial charge in [-0.3, -0.25) is 4.79 Å². The van der Waals surface area contributed by atoms with Crippen LogP contribution in [0.1, 0.15) is 10.4 Å². The largest absolute Gasteiger partial charge is 0.573 e. The molecule has 1 fully saturated rings. The lowest BCUT2D eigenvalue weighted by Crippen LogP contribution is -2.48. The molecule has 0 atom stereocenters. The van der Waals surface area contributed by atoms with Gasteiger partial charge >= 0.3 is 12.3 Å². The van der Waals surface area contributed by atoms with Crippen molar-refractivity contribution in [1.82, 2.24) is 4.31 Å². The van der Waals surface area contributed by atoms with Crippen LogP contribution in [0.4, 0.5) is 24.5 Å². The SMILES string of the molecule is COc1cc(C(=O)O)ccc1NSN1CCN(c2ccc(OC(F)(F)F)cc2)C(=O)C1. The van der Waals surface area contributed by atoms with Crippen molar-refractivity contribution in [3.05, 3.63) is 48.0 Å². The molecule has 12 heteroatoms. The average molecular weight is 457 g/mol. The molecule has 31 heavy (non-hydrogen) atoms. The number of hydrogen-bond donors (Lipinski definition) is 2. The molecule has 8 nitrogen and oxygen atoms in total. The molecular formula is C19H18F3N3O5S. The molecule has 0 bridgehead atoms. The number of piperazine rings is 1. The Kier molecular flexibility index (Phi) is 6.81. The summed E-state index contributed by atoms with van der Waals surface area (Å²) in [5.41, 5.74) is 1.11. The molecule has 2 N–H and O–H groups in total. The number of carboxylic acids is 1. The van der Waals surface area contributed by atoms with Crippen molar-refractivity contribution in [3.63, 3.8) is 0 Å². The van der Waals surface area contributed by atoms with Crippen LogP contribution >= 0.6 is 12.1 Å². The molecule has 0 aliphatic carbocycles. The van der Waals surface area contributed by atoms with E-state index in [-0.39, 0.29) is 23.8 Å². The maximum absolute atomic E-state index is 12.5. The molecular weight excluding hydrogens is 439 g/mol. The zero-order valence-corrected chi connectivity index (χ0v) is 17.0. The van der Waals surface area contributed by atoms with Crippen LogP contribution in [0.3, 0.4) is 0 Å². The first-order valence-electron chi connectivity index (χ1n) is 8.91. The van der Waals surface area contributed by atoms with Gasteiger partial charge in [0.1, 0.15) is 11.5 Å². The van der Waals surface area contributed by atoms with E-state index in [1.54, 1.807) is 10.4 Å². The third-order valence-corrected chi connectivity index (χ3v) is 5.18. The summed E-state index contributed by atoms with van der Waals surface area (Å²) in [6, 6.07) is 9.50. The number of benzene rings is 2. The van der Waals surface area contributed by atoms with Crippen molar-refractivity contribution in [2.45, 2.75) is 6.36 Å². The van der Waals surface area contributed by atoms with Crippen molar-refractivity contribution in [3.8, 4) is 11.5 Å². The number of hydrogen-bond acceptors (Lipinski definition) is 7. The highest BCUT2D eigenvalue weighted by Crippen LogP contribution is 2.30. The molecule has 166 valence electrons. The number of alkyl halides is 3. The highest BCUT2D eigenvalue weighted by molar-refractivity contribution is 7.98. The van der Waals surface area contributed by atoms with Gasteiger partial charge in [0.05, 0.1) is 24.9 Å². The predicted octanol–water partition coefficient (Wildman–Crippen LogP) is 3.62. The Morgan fingerprint density at radius 1 is 1.16 bits per heavy atom. The summed E-state index contributed by atoms with van der Waals surface area (Å²) in [6.45, 7) is 0.885. The second-order valence-corrected chi connectivity index (χ2v) is 7.27. The zero-order valence-electron chi connectivity index (χ0n) is 16.2. The van der Waals surface area contributed by atoms with E-state index in [2.05, 4.69) is 9.46 Å². The first kappa shape index (κ1) is 22.6. The van der Waals surface area contributed by atoms with E-state index < -0.39 is 12.3 Å². The third kappa shape index (κ3) is 5.95. The summed E-state index contributed by atoms with van der Waals surface area (Å²) in [4.78, 5) is 25.1. The molecule has 2 aromatic carbocycles. The van der Waals surface area contributed by atoms with Gasteiger partial charge in [0.2, 0.25) is 5.91 Å². The molecule has 1 aliphatic heterocycles. The quantitative estimate of drug-likeness (QED) is 0.610. The maximum Gasteiger partial charge on any atom is 0.573 e. The molecule has 1 saturated heterocycles. The fourth-order valence-electron chi connectivity index (χ4n) is 2.85. The molecule has 1 heterocycles. The minimum atomic E-state index is -4.77. The van der Waals surface area contributed by atoms with E-state index in [1.165, 1.54) is 48.4 Å². The number of rotatable bonds is 7. The van der Waals surface area contributed by atoms with Gasteiger partial charge in [-0.05, 0) is 42.5 Å². The summed E-state index contributed by atoms with van der Waals surface area (Å²) in [5, 5.41) is 9.05. The number of nitrogens with one attached hydrogen (secondary N) is 1. The standard InChI is InChI=1S/C19H18F3N3O5S/c1-29-16-10-12(18(27)28)2-7-15(16)23-31-24-8-9-25(17(26)11-24)13-3-5-14(6-4-13)30-19(20,21)22/h2-7,10,23H,8-9,11H2,1H3,(H,27,28). The van der Waals surface area contributed by atoms with E-state index in [1.807, 2.05) is 0 Å². The van der Waals surface area contributed by atoms with E-state index in [0.29, 0.717) is 30.2 Å². The monoisotopic (exact) mass is 457 g/mol.